The fraction of sp³-hybridized carbons (Fsp3) is 1.00. The van der Waals surface area contributed by atoms with E-state index in [1.165, 1.54) is 25.7 Å². The summed E-state index contributed by atoms with van der Waals surface area (Å²) in [6.45, 7) is 4.43. The quantitative estimate of drug-likeness (QED) is 0.724. The minimum absolute atomic E-state index is 0.339. The summed E-state index contributed by atoms with van der Waals surface area (Å²) in [4.78, 5) is 2.49. The van der Waals surface area contributed by atoms with Crippen molar-refractivity contribution in [3.05, 3.63) is 0 Å². The summed E-state index contributed by atoms with van der Waals surface area (Å²) in [6, 6.07) is 1.67. The monoisotopic (exact) mass is 184 g/mol. The molecule has 0 amide bonds. The highest BCUT2D eigenvalue weighted by Crippen LogP contribution is 2.24. The van der Waals surface area contributed by atoms with Gasteiger partial charge in [0.1, 0.15) is 0 Å². The molecule has 0 heterocycles. The molecule has 1 rings (SSSR count). The summed E-state index contributed by atoms with van der Waals surface area (Å²) in [5.74, 6) is 0. The molecule has 0 spiro atoms. The molecule has 2 unspecified atom stereocenters. The van der Waals surface area contributed by atoms with Crippen molar-refractivity contribution in [3.63, 3.8) is 0 Å². The van der Waals surface area contributed by atoms with Gasteiger partial charge in [0.15, 0.2) is 0 Å². The molecule has 0 aromatic rings. The Labute approximate surface area is 82.5 Å². The number of likely N-dealkylation sites (N-methyl/N-ethyl adjacent to an activating group) is 1. The van der Waals surface area contributed by atoms with E-state index in [2.05, 4.69) is 25.8 Å². The van der Waals surface area contributed by atoms with Crippen LogP contribution < -0.4 is 5.73 Å². The van der Waals surface area contributed by atoms with E-state index in [1.54, 1.807) is 0 Å². The first kappa shape index (κ1) is 11.0. The van der Waals surface area contributed by atoms with Crippen molar-refractivity contribution in [2.45, 2.75) is 64.1 Å². The van der Waals surface area contributed by atoms with Crippen molar-refractivity contribution in [3.8, 4) is 0 Å². The lowest BCUT2D eigenvalue weighted by Gasteiger charge is -2.33. The van der Waals surface area contributed by atoms with Crippen LogP contribution in [0.25, 0.3) is 0 Å². The van der Waals surface area contributed by atoms with Crippen LogP contribution in [0.2, 0.25) is 0 Å². The third-order valence-electron chi connectivity index (χ3n) is 3.63. The van der Waals surface area contributed by atoms with Gasteiger partial charge in [-0.25, -0.2) is 0 Å². The van der Waals surface area contributed by atoms with Crippen molar-refractivity contribution in [2.75, 3.05) is 7.05 Å². The SMILES string of the molecule is CCC(N)C(C)N(C)C1CCCC1. The molecule has 2 heteroatoms. The molecule has 1 fully saturated rings. The molecule has 2 atom stereocenters. The number of nitrogens with zero attached hydrogens (tertiary/aromatic N) is 1. The van der Waals surface area contributed by atoms with Gasteiger partial charge in [0.05, 0.1) is 0 Å². The highest BCUT2D eigenvalue weighted by Gasteiger charge is 2.25. The van der Waals surface area contributed by atoms with Crippen LogP contribution in [0.5, 0.6) is 0 Å². The molecule has 0 bridgehead atoms. The van der Waals surface area contributed by atoms with Crippen molar-refractivity contribution >= 4 is 0 Å². The Kier molecular flexibility index (Phi) is 4.20. The summed E-state index contributed by atoms with van der Waals surface area (Å²) < 4.78 is 0. The Morgan fingerprint density at radius 3 is 2.38 bits per heavy atom. The van der Waals surface area contributed by atoms with Gasteiger partial charge in [-0.15, -0.1) is 0 Å². The maximum atomic E-state index is 6.04. The Hall–Kier alpha value is -0.0800. The molecule has 1 saturated carbocycles. The summed E-state index contributed by atoms with van der Waals surface area (Å²) >= 11 is 0. The molecule has 0 radical (unpaired) electrons. The van der Waals surface area contributed by atoms with E-state index in [0.717, 1.165) is 12.5 Å². The molecule has 0 aromatic heterocycles. The minimum atomic E-state index is 0.339. The molecule has 0 aromatic carbocycles. The zero-order chi connectivity index (χ0) is 9.84. The molecular weight excluding hydrogens is 160 g/mol. The van der Waals surface area contributed by atoms with E-state index < -0.39 is 0 Å². The largest absolute Gasteiger partial charge is 0.326 e. The van der Waals surface area contributed by atoms with Gasteiger partial charge in [-0.2, -0.15) is 0 Å². The Morgan fingerprint density at radius 1 is 1.38 bits per heavy atom. The van der Waals surface area contributed by atoms with Gasteiger partial charge in [0.25, 0.3) is 0 Å². The molecule has 1 aliphatic carbocycles. The highest BCUT2D eigenvalue weighted by molar-refractivity contribution is 4.83. The summed E-state index contributed by atoms with van der Waals surface area (Å²) in [7, 11) is 2.23. The van der Waals surface area contributed by atoms with E-state index in [4.69, 9.17) is 5.73 Å². The van der Waals surface area contributed by atoms with Crippen molar-refractivity contribution in [1.29, 1.82) is 0 Å². The first-order valence-corrected chi connectivity index (χ1v) is 5.64. The molecule has 78 valence electrons. The average Bonchev–Trinajstić information content (AvgIpc) is 2.67. The Morgan fingerprint density at radius 2 is 1.92 bits per heavy atom. The third kappa shape index (κ3) is 2.68. The Balaban J connectivity index is 2.40. The Bertz CT molecular complexity index is 141. The normalized spacial score (nSPS) is 23.8. The van der Waals surface area contributed by atoms with Crippen molar-refractivity contribution in [1.82, 2.24) is 4.90 Å². The van der Waals surface area contributed by atoms with Gasteiger partial charge >= 0.3 is 0 Å². The van der Waals surface area contributed by atoms with Crippen molar-refractivity contribution < 1.29 is 0 Å². The van der Waals surface area contributed by atoms with Crippen LogP contribution in [0.1, 0.15) is 46.0 Å². The zero-order valence-electron chi connectivity index (χ0n) is 9.29. The maximum Gasteiger partial charge on any atom is 0.0218 e. The standard InChI is InChI=1S/C11H24N2/c1-4-11(12)9(2)13(3)10-7-5-6-8-10/h9-11H,4-8,12H2,1-3H3. The summed E-state index contributed by atoms with van der Waals surface area (Å²) in [5.41, 5.74) is 6.04. The van der Waals surface area contributed by atoms with E-state index >= 15 is 0 Å². The molecule has 0 saturated heterocycles. The fourth-order valence-corrected chi connectivity index (χ4v) is 2.29. The van der Waals surface area contributed by atoms with Crippen LogP contribution in [0.3, 0.4) is 0 Å². The number of nitrogens with two attached hydrogens (primary N) is 1. The van der Waals surface area contributed by atoms with Crippen LogP contribution >= 0.6 is 0 Å². The van der Waals surface area contributed by atoms with E-state index in [1.807, 2.05) is 0 Å². The van der Waals surface area contributed by atoms with Crippen LogP contribution in [-0.2, 0) is 0 Å². The highest BCUT2D eigenvalue weighted by atomic mass is 15.2. The first-order chi connectivity index (χ1) is 6.16. The lowest BCUT2D eigenvalue weighted by atomic mass is 10.0. The molecule has 2 nitrogen and oxygen atoms in total. The lowest BCUT2D eigenvalue weighted by Crippen LogP contribution is -2.47. The average molecular weight is 184 g/mol. The van der Waals surface area contributed by atoms with Crippen LogP contribution in [0.4, 0.5) is 0 Å². The molecular formula is C11H24N2. The van der Waals surface area contributed by atoms with Gasteiger partial charge in [-0.3, -0.25) is 4.90 Å². The molecule has 2 N–H and O–H groups in total. The minimum Gasteiger partial charge on any atom is -0.326 e. The van der Waals surface area contributed by atoms with Crippen LogP contribution in [0.15, 0.2) is 0 Å². The second-order valence-electron chi connectivity index (χ2n) is 4.42. The number of hydrogen-bond donors (Lipinski definition) is 1. The van der Waals surface area contributed by atoms with Crippen LogP contribution in [-0.4, -0.2) is 30.1 Å². The fourth-order valence-electron chi connectivity index (χ4n) is 2.29. The first-order valence-electron chi connectivity index (χ1n) is 5.64. The smallest absolute Gasteiger partial charge is 0.0218 e. The molecule has 1 aliphatic rings. The topological polar surface area (TPSA) is 29.3 Å². The van der Waals surface area contributed by atoms with Crippen LogP contribution in [0, 0.1) is 0 Å². The predicted octanol–water partition coefficient (Wildman–Crippen LogP) is 1.99. The summed E-state index contributed by atoms with van der Waals surface area (Å²) in [6.07, 6.45) is 6.64. The second kappa shape index (κ2) is 4.97. The van der Waals surface area contributed by atoms with Crippen molar-refractivity contribution in [2.24, 2.45) is 5.73 Å². The molecule has 0 aliphatic heterocycles. The number of rotatable bonds is 4. The van der Waals surface area contributed by atoms with Gasteiger partial charge in [0.2, 0.25) is 0 Å². The number of hydrogen-bond acceptors (Lipinski definition) is 2. The van der Waals surface area contributed by atoms with Gasteiger partial charge in [-0.05, 0) is 33.2 Å². The van der Waals surface area contributed by atoms with E-state index in [0.29, 0.717) is 12.1 Å². The van der Waals surface area contributed by atoms with E-state index in [9.17, 15) is 0 Å². The van der Waals surface area contributed by atoms with Gasteiger partial charge in [0, 0.05) is 18.1 Å². The van der Waals surface area contributed by atoms with Gasteiger partial charge < -0.3 is 5.73 Å². The second-order valence-corrected chi connectivity index (χ2v) is 4.42. The van der Waals surface area contributed by atoms with Gasteiger partial charge in [-0.1, -0.05) is 19.8 Å². The summed E-state index contributed by atoms with van der Waals surface area (Å²) in [5, 5.41) is 0. The maximum absolute atomic E-state index is 6.04. The lowest BCUT2D eigenvalue weighted by molar-refractivity contribution is 0.162. The predicted molar refractivity (Wildman–Crippen MR) is 57.7 cm³/mol. The van der Waals surface area contributed by atoms with E-state index in [-0.39, 0.29) is 0 Å². The molecule has 13 heavy (non-hydrogen) atoms. The third-order valence-corrected chi connectivity index (χ3v) is 3.63. The zero-order valence-corrected chi connectivity index (χ0v) is 9.29.